The zero-order chi connectivity index (χ0) is 16.4. The average molecular weight is 343 g/mol. The number of nitrogens with zero attached hydrogens (tertiary/aromatic N) is 2. The van der Waals surface area contributed by atoms with E-state index in [9.17, 15) is 4.79 Å². The standard InChI is InChI=1S/C18H21N3O2S/c22-18(21-10-11-23-16-4-2-1-3-15(16)21)20-14-7-5-13(6-8-14)17-19-9-12-24-17/h5-9,12,15-16H,1-4,10-11H2,(H,20,22)/t15-,16-/m1/s1. The number of anilines is 1. The van der Waals surface area contributed by atoms with E-state index in [1.807, 2.05) is 34.5 Å². The van der Waals surface area contributed by atoms with Gasteiger partial charge in [0.25, 0.3) is 0 Å². The summed E-state index contributed by atoms with van der Waals surface area (Å²) in [5.74, 6) is 0. The predicted octanol–water partition coefficient (Wildman–Crippen LogP) is 3.99. The fraction of sp³-hybridized carbons (Fsp3) is 0.444. The SMILES string of the molecule is O=C(Nc1ccc(-c2nccs2)cc1)N1CCO[C@@H]2CCCC[C@H]21. The maximum atomic E-state index is 12.7. The van der Waals surface area contributed by atoms with E-state index in [0.717, 1.165) is 29.1 Å². The normalized spacial score (nSPS) is 23.6. The molecule has 2 heterocycles. The Morgan fingerprint density at radius 1 is 1.25 bits per heavy atom. The molecule has 24 heavy (non-hydrogen) atoms. The Kier molecular flexibility index (Phi) is 4.49. The zero-order valence-electron chi connectivity index (χ0n) is 13.5. The molecule has 2 fully saturated rings. The fourth-order valence-corrected chi connectivity index (χ4v) is 4.25. The van der Waals surface area contributed by atoms with Crippen LogP contribution < -0.4 is 5.32 Å². The van der Waals surface area contributed by atoms with Crippen molar-refractivity contribution in [1.29, 1.82) is 0 Å². The number of nitrogens with one attached hydrogen (secondary N) is 1. The van der Waals surface area contributed by atoms with Crippen LogP contribution in [-0.4, -0.2) is 41.2 Å². The smallest absolute Gasteiger partial charge is 0.322 e. The molecule has 1 saturated heterocycles. The zero-order valence-corrected chi connectivity index (χ0v) is 14.3. The highest BCUT2D eigenvalue weighted by molar-refractivity contribution is 7.13. The van der Waals surface area contributed by atoms with Gasteiger partial charge >= 0.3 is 6.03 Å². The number of aromatic nitrogens is 1. The third-order valence-electron chi connectivity index (χ3n) is 4.81. The number of rotatable bonds is 2. The van der Waals surface area contributed by atoms with E-state index in [1.165, 1.54) is 12.8 Å². The number of hydrogen-bond donors (Lipinski definition) is 1. The first-order chi connectivity index (χ1) is 11.8. The Balaban J connectivity index is 1.43. The maximum absolute atomic E-state index is 12.7. The topological polar surface area (TPSA) is 54.5 Å². The van der Waals surface area contributed by atoms with E-state index in [1.54, 1.807) is 17.5 Å². The molecule has 6 heteroatoms. The number of hydrogen-bond acceptors (Lipinski definition) is 4. The van der Waals surface area contributed by atoms with Gasteiger partial charge in [0, 0.05) is 29.4 Å². The first-order valence-corrected chi connectivity index (χ1v) is 9.38. The Labute approximate surface area is 145 Å². The highest BCUT2D eigenvalue weighted by Crippen LogP contribution is 2.29. The number of urea groups is 1. The third kappa shape index (κ3) is 3.16. The molecule has 0 radical (unpaired) electrons. The summed E-state index contributed by atoms with van der Waals surface area (Å²) >= 11 is 1.61. The van der Waals surface area contributed by atoms with Crippen molar-refractivity contribution in [2.45, 2.75) is 37.8 Å². The van der Waals surface area contributed by atoms with Crippen molar-refractivity contribution < 1.29 is 9.53 Å². The van der Waals surface area contributed by atoms with Crippen LogP contribution in [0.2, 0.25) is 0 Å². The van der Waals surface area contributed by atoms with E-state index >= 15 is 0 Å². The molecule has 1 aliphatic heterocycles. The summed E-state index contributed by atoms with van der Waals surface area (Å²) in [7, 11) is 0. The first kappa shape index (κ1) is 15.6. The largest absolute Gasteiger partial charge is 0.374 e. The molecule has 1 N–H and O–H groups in total. The number of carbonyl (C=O) groups excluding carboxylic acids is 1. The van der Waals surface area contributed by atoms with Gasteiger partial charge < -0.3 is 15.0 Å². The number of amides is 2. The molecule has 2 atom stereocenters. The van der Waals surface area contributed by atoms with Crippen molar-refractivity contribution in [2.24, 2.45) is 0 Å². The highest BCUT2D eigenvalue weighted by atomic mass is 32.1. The molecule has 5 nitrogen and oxygen atoms in total. The summed E-state index contributed by atoms with van der Waals surface area (Å²) in [6, 6.07) is 8.08. The number of fused-ring (bicyclic) bond motifs is 1. The molecular weight excluding hydrogens is 322 g/mol. The van der Waals surface area contributed by atoms with Crippen LogP contribution in [0.25, 0.3) is 10.6 Å². The Hall–Kier alpha value is -1.92. The molecule has 0 bridgehead atoms. The lowest BCUT2D eigenvalue weighted by molar-refractivity contribution is -0.0694. The van der Waals surface area contributed by atoms with Crippen LogP contribution in [0.15, 0.2) is 35.8 Å². The lowest BCUT2D eigenvalue weighted by atomic mass is 9.90. The van der Waals surface area contributed by atoms with Crippen molar-refractivity contribution in [3.63, 3.8) is 0 Å². The number of ether oxygens (including phenoxy) is 1. The monoisotopic (exact) mass is 343 g/mol. The Morgan fingerprint density at radius 3 is 2.88 bits per heavy atom. The quantitative estimate of drug-likeness (QED) is 0.897. The van der Waals surface area contributed by atoms with Crippen LogP contribution in [0.5, 0.6) is 0 Å². The first-order valence-electron chi connectivity index (χ1n) is 8.50. The van der Waals surface area contributed by atoms with Gasteiger partial charge in [0.1, 0.15) is 5.01 Å². The van der Waals surface area contributed by atoms with Gasteiger partial charge in [0.05, 0.1) is 18.8 Å². The average Bonchev–Trinajstić information content (AvgIpc) is 3.16. The molecule has 2 amide bonds. The lowest BCUT2D eigenvalue weighted by Gasteiger charge is -2.43. The number of thiazole rings is 1. The predicted molar refractivity (Wildman–Crippen MR) is 95.3 cm³/mol. The summed E-state index contributed by atoms with van der Waals surface area (Å²) < 4.78 is 5.84. The summed E-state index contributed by atoms with van der Waals surface area (Å²) in [4.78, 5) is 19.0. The number of morpholine rings is 1. The van der Waals surface area contributed by atoms with Crippen molar-refractivity contribution in [2.75, 3.05) is 18.5 Å². The molecule has 2 aliphatic rings. The Morgan fingerprint density at radius 2 is 2.08 bits per heavy atom. The minimum atomic E-state index is -0.0165. The summed E-state index contributed by atoms with van der Waals surface area (Å²) in [6.07, 6.45) is 6.50. The lowest BCUT2D eigenvalue weighted by Crippen LogP contribution is -2.55. The molecule has 2 aromatic rings. The van der Waals surface area contributed by atoms with Gasteiger partial charge in [-0.25, -0.2) is 9.78 Å². The van der Waals surface area contributed by atoms with Crippen molar-refractivity contribution in [3.05, 3.63) is 35.8 Å². The van der Waals surface area contributed by atoms with Crippen LogP contribution in [-0.2, 0) is 4.74 Å². The van der Waals surface area contributed by atoms with Crippen LogP contribution in [0.1, 0.15) is 25.7 Å². The summed E-state index contributed by atoms with van der Waals surface area (Å²) in [6.45, 7) is 1.31. The summed E-state index contributed by atoms with van der Waals surface area (Å²) in [5, 5.41) is 5.99. The van der Waals surface area contributed by atoms with Crippen LogP contribution in [0.4, 0.5) is 10.5 Å². The highest BCUT2D eigenvalue weighted by Gasteiger charge is 2.36. The van der Waals surface area contributed by atoms with Crippen molar-refractivity contribution >= 4 is 23.1 Å². The molecule has 126 valence electrons. The molecule has 4 rings (SSSR count). The van der Waals surface area contributed by atoms with Gasteiger partial charge in [-0.3, -0.25) is 0 Å². The second-order valence-electron chi connectivity index (χ2n) is 6.30. The van der Waals surface area contributed by atoms with Crippen molar-refractivity contribution in [3.8, 4) is 10.6 Å². The van der Waals surface area contributed by atoms with Gasteiger partial charge in [-0.05, 0) is 37.1 Å². The van der Waals surface area contributed by atoms with E-state index in [0.29, 0.717) is 13.2 Å². The second-order valence-corrected chi connectivity index (χ2v) is 7.19. The maximum Gasteiger partial charge on any atom is 0.322 e. The molecule has 0 spiro atoms. The second kappa shape index (κ2) is 6.91. The molecule has 1 aliphatic carbocycles. The van der Waals surface area contributed by atoms with Crippen LogP contribution in [0, 0.1) is 0 Å². The molecule has 0 unspecified atom stereocenters. The minimum Gasteiger partial charge on any atom is -0.374 e. The molecule has 1 saturated carbocycles. The van der Waals surface area contributed by atoms with Crippen LogP contribution >= 0.6 is 11.3 Å². The Bertz CT molecular complexity index is 685. The van der Waals surface area contributed by atoms with E-state index in [4.69, 9.17) is 4.74 Å². The molecule has 1 aromatic carbocycles. The van der Waals surface area contributed by atoms with E-state index in [2.05, 4.69) is 10.3 Å². The van der Waals surface area contributed by atoms with Crippen molar-refractivity contribution in [1.82, 2.24) is 9.88 Å². The fourth-order valence-electron chi connectivity index (χ4n) is 3.61. The van der Waals surface area contributed by atoms with E-state index < -0.39 is 0 Å². The van der Waals surface area contributed by atoms with Gasteiger partial charge in [-0.1, -0.05) is 12.8 Å². The van der Waals surface area contributed by atoms with Crippen LogP contribution in [0.3, 0.4) is 0 Å². The summed E-state index contributed by atoms with van der Waals surface area (Å²) in [5.41, 5.74) is 1.89. The van der Waals surface area contributed by atoms with Gasteiger partial charge in [0.15, 0.2) is 0 Å². The van der Waals surface area contributed by atoms with Gasteiger partial charge in [-0.15, -0.1) is 11.3 Å². The molecule has 1 aromatic heterocycles. The minimum absolute atomic E-state index is 0.0165. The van der Waals surface area contributed by atoms with E-state index in [-0.39, 0.29) is 18.2 Å². The van der Waals surface area contributed by atoms with Gasteiger partial charge in [-0.2, -0.15) is 0 Å². The molecular formula is C18H21N3O2S. The number of benzene rings is 1. The third-order valence-corrected chi connectivity index (χ3v) is 5.63. The number of carbonyl (C=O) groups is 1. The van der Waals surface area contributed by atoms with Gasteiger partial charge in [0.2, 0.25) is 0 Å².